The second-order valence-corrected chi connectivity index (χ2v) is 4.63. The Labute approximate surface area is 125 Å². The Morgan fingerprint density at radius 2 is 0.800 bits per heavy atom. The molecule has 4 rings (SSSR count). The first-order valence-electron chi connectivity index (χ1n) is 5.75. The summed E-state index contributed by atoms with van der Waals surface area (Å²) in [4.78, 5) is 0. The summed E-state index contributed by atoms with van der Waals surface area (Å²) >= 11 is 7.87. The molecule has 4 aromatic rings. The first-order valence-corrected chi connectivity index (χ1v) is 6.55. The first kappa shape index (κ1) is 12.9. The highest BCUT2D eigenvalue weighted by Gasteiger charge is 1.96. The lowest BCUT2D eigenvalue weighted by molar-refractivity contribution is 0.890. The van der Waals surface area contributed by atoms with Gasteiger partial charge in [-0.3, -0.25) is 0 Å². The third-order valence-corrected chi connectivity index (χ3v) is 2.91. The molecule has 20 heavy (non-hydrogen) atoms. The van der Waals surface area contributed by atoms with Gasteiger partial charge in [0.1, 0.15) is 22.1 Å². The van der Waals surface area contributed by atoms with Gasteiger partial charge in [0.2, 0.25) is 0 Å². The average molecular weight is 302 g/mol. The van der Waals surface area contributed by atoms with Crippen molar-refractivity contribution in [2.75, 3.05) is 0 Å². The van der Waals surface area contributed by atoms with Gasteiger partial charge in [0, 0.05) is 0 Å². The average Bonchev–Trinajstić information content (AvgIpc) is 2.99. The summed E-state index contributed by atoms with van der Waals surface area (Å²) in [7, 11) is 0. The van der Waals surface area contributed by atoms with Crippen LogP contribution in [-0.2, 0) is 0 Å². The molecule has 2 heterocycles. The van der Waals surface area contributed by atoms with E-state index in [9.17, 15) is 0 Å². The summed E-state index contributed by atoms with van der Waals surface area (Å²) in [6.07, 6.45) is 0. The molecule has 0 N–H and O–H groups in total. The lowest BCUT2D eigenvalue weighted by Gasteiger charge is -1.77. The molecule has 0 bridgehead atoms. The van der Waals surface area contributed by atoms with Crippen molar-refractivity contribution in [1.82, 2.24) is 28.8 Å². The fraction of sp³-hybridized carbons (Fsp3) is 0. The smallest absolute Gasteiger partial charge is 0.114 e. The first-order chi connectivity index (χ1) is 9.72. The van der Waals surface area contributed by atoms with E-state index >= 15 is 0 Å². The van der Waals surface area contributed by atoms with Gasteiger partial charge in [-0.2, -0.15) is 0 Å². The Morgan fingerprint density at radius 3 is 1.05 bits per heavy atom. The minimum atomic E-state index is 0.873. The van der Waals surface area contributed by atoms with Crippen molar-refractivity contribution in [3.8, 4) is 0 Å². The summed E-state index contributed by atoms with van der Waals surface area (Å²) in [6.45, 7) is 0. The van der Waals surface area contributed by atoms with Crippen LogP contribution in [0.4, 0.5) is 0 Å². The van der Waals surface area contributed by atoms with Crippen LogP contribution in [0, 0.1) is 0 Å². The summed E-state index contributed by atoms with van der Waals surface area (Å²) in [6, 6.07) is 15.3. The maximum Gasteiger partial charge on any atom is 0.114 e. The zero-order valence-corrected chi connectivity index (χ0v) is 12.0. The van der Waals surface area contributed by atoms with Crippen molar-refractivity contribution < 1.29 is 0 Å². The maximum atomic E-state index is 3.98. The number of thiol groups is 2. The molecule has 8 heteroatoms. The molecule has 0 saturated carbocycles. The second-order valence-electron chi connectivity index (χ2n) is 3.91. The van der Waals surface area contributed by atoms with Crippen molar-refractivity contribution in [2.45, 2.75) is 0 Å². The van der Waals surface area contributed by atoms with E-state index in [0.29, 0.717) is 0 Å². The molecule has 0 spiro atoms. The fourth-order valence-electron chi connectivity index (χ4n) is 1.70. The van der Waals surface area contributed by atoms with Gasteiger partial charge >= 0.3 is 0 Å². The molecule has 0 radical (unpaired) electrons. The predicted octanol–water partition coefficient (Wildman–Crippen LogP) is 2.25. The SMILES string of the molecule is Sn1nc2ccccc2n1.Sn1nc2ccccc2n1. The van der Waals surface area contributed by atoms with Gasteiger partial charge in [-0.15, -0.1) is 28.8 Å². The van der Waals surface area contributed by atoms with Crippen LogP contribution in [-0.4, -0.2) is 28.8 Å². The molecule has 0 amide bonds. The lowest BCUT2D eigenvalue weighted by Crippen LogP contribution is -1.81. The Morgan fingerprint density at radius 1 is 0.550 bits per heavy atom. The Balaban J connectivity index is 0.000000121. The van der Waals surface area contributed by atoms with Crippen LogP contribution < -0.4 is 0 Å². The van der Waals surface area contributed by atoms with Crippen molar-refractivity contribution in [1.29, 1.82) is 0 Å². The second kappa shape index (κ2) is 5.51. The predicted molar refractivity (Wildman–Crippen MR) is 83.8 cm³/mol. The minimum Gasteiger partial charge on any atom is -0.142 e. The third-order valence-electron chi connectivity index (χ3n) is 2.55. The normalized spacial score (nSPS) is 10.5. The molecule has 0 saturated heterocycles. The summed E-state index contributed by atoms with van der Waals surface area (Å²) in [5.41, 5.74) is 3.49. The summed E-state index contributed by atoms with van der Waals surface area (Å²) < 4.78 is 2.54. The Hall–Kier alpha value is -2.06. The van der Waals surface area contributed by atoms with Crippen molar-refractivity contribution in [3.05, 3.63) is 48.5 Å². The van der Waals surface area contributed by atoms with Crippen molar-refractivity contribution in [3.63, 3.8) is 0 Å². The molecule has 0 atom stereocenters. The number of fused-ring (bicyclic) bond motifs is 2. The standard InChI is InChI=1S/2C6H5N3S/c2*10-9-7-5-3-1-2-4-6(5)8-9/h2*1-4,10H. The summed E-state index contributed by atoms with van der Waals surface area (Å²) in [5, 5.41) is 15.9. The fourth-order valence-corrected chi connectivity index (χ4v) is 2.08. The van der Waals surface area contributed by atoms with E-state index < -0.39 is 0 Å². The van der Waals surface area contributed by atoms with Crippen LogP contribution in [0.1, 0.15) is 0 Å². The zero-order valence-electron chi connectivity index (χ0n) is 10.2. The van der Waals surface area contributed by atoms with E-state index in [2.05, 4.69) is 46.0 Å². The van der Waals surface area contributed by atoms with E-state index in [0.717, 1.165) is 22.1 Å². The van der Waals surface area contributed by atoms with Crippen molar-refractivity contribution in [2.24, 2.45) is 0 Å². The molecule has 2 aromatic carbocycles. The largest absolute Gasteiger partial charge is 0.142 e. The molecule has 0 aliphatic carbocycles. The maximum absolute atomic E-state index is 3.98. The van der Waals surface area contributed by atoms with Gasteiger partial charge in [0.05, 0.1) is 0 Å². The zero-order chi connectivity index (χ0) is 13.9. The third kappa shape index (κ3) is 2.75. The number of benzene rings is 2. The molecule has 0 fully saturated rings. The van der Waals surface area contributed by atoms with Crippen LogP contribution in [0.5, 0.6) is 0 Å². The summed E-state index contributed by atoms with van der Waals surface area (Å²) in [5.74, 6) is 0. The van der Waals surface area contributed by atoms with Crippen LogP contribution in [0.3, 0.4) is 0 Å². The van der Waals surface area contributed by atoms with E-state index in [4.69, 9.17) is 0 Å². The van der Waals surface area contributed by atoms with E-state index in [1.807, 2.05) is 48.5 Å². The van der Waals surface area contributed by atoms with Crippen LogP contribution >= 0.6 is 25.6 Å². The van der Waals surface area contributed by atoms with Gasteiger partial charge < -0.3 is 0 Å². The number of nitrogens with zero attached hydrogens (tertiary/aromatic N) is 6. The van der Waals surface area contributed by atoms with Crippen LogP contribution in [0.25, 0.3) is 22.1 Å². The number of rotatable bonds is 0. The highest BCUT2D eigenvalue weighted by Crippen LogP contribution is 2.07. The molecule has 0 aliphatic heterocycles. The van der Waals surface area contributed by atoms with Gasteiger partial charge in [-0.05, 0) is 49.9 Å². The minimum absolute atomic E-state index is 0.873. The van der Waals surface area contributed by atoms with Crippen LogP contribution in [0.2, 0.25) is 0 Å². The number of hydrogen-bond acceptors (Lipinski definition) is 6. The molecule has 0 aliphatic rings. The van der Waals surface area contributed by atoms with Gasteiger partial charge in [-0.25, -0.2) is 0 Å². The molecule has 0 unspecified atom stereocenters. The Kier molecular flexibility index (Phi) is 3.57. The highest BCUT2D eigenvalue weighted by molar-refractivity contribution is 7.78. The Bertz CT molecular complexity index is 715. The quantitative estimate of drug-likeness (QED) is 0.489. The molecular weight excluding hydrogens is 292 g/mol. The van der Waals surface area contributed by atoms with E-state index in [1.165, 1.54) is 8.40 Å². The molecule has 6 nitrogen and oxygen atoms in total. The number of hydrogen-bond donors (Lipinski definition) is 2. The lowest BCUT2D eigenvalue weighted by atomic mass is 10.3. The van der Waals surface area contributed by atoms with Crippen molar-refractivity contribution >= 4 is 47.7 Å². The van der Waals surface area contributed by atoms with E-state index in [1.54, 1.807) is 0 Å². The van der Waals surface area contributed by atoms with Gasteiger partial charge in [0.25, 0.3) is 0 Å². The van der Waals surface area contributed by atoms with Gasteiger partial charge in [-0.1, -0.05) is 24.3 Å². The molecule has 100 valence electrons. The van der Waals surface area contributed by atoms with Crippen LogP contribution in [0.15, 0.2) is 48.5 Å². The van der Waals surface area contributed by atoms with E-state index in [-0.39, 0.29) is 0 Å². The highest BCUT2D eigenvalue weighted by atomic mass is 32.1. The number of aromatic nitrogens is 6. The topological polar surface area (TPSA) is 61.4 Å². The molecule has 2 aromatic heterocycles. The molecular formula is C12H10N6S2. The van der Waals surface area contributed by atoms with Gasteiger partial charge in [0.15, 0.2) is 0 Å². The monoisotopic (exact) mass is 302 g/mol.